The van der Waals surface area contributed by atoms with Crippen LogP contribution in [0.5, 0.6) is 11.5 Å². The van der Waals surface area contributed by atoms with Crippen LogP contribution in [0.3, 0.4) is 0 Å². The van der Waals surface area contributed by atoms with Crippen molar-refractivity contribution in [3.63, 3.8) is 0 Å². The number of hydrogen-bond acceptors (Lipinski definition) is 4. The van der Waals surface area contributed by atoms with Gasteiger partial charge in [-0.3, -0.25) is 0 Å². The van der Waals surface area contributed by atoms with Crippen molar-refractivity contribution in [1.29, 1.82) is 0 Å². The van der Waals surface area contributed by atoms with Gasteiger partial charge < -0.3 is 20.5 Å². The van der Waals surface area contributed by atoms with Gasteiger partial charge in [-0.15, -0.1) is 0 Å². The zero-order valence-corrected chi connectivity index (χ0v) is 11.9. The van der Waals surface area contributed by atoms with Gasteiger partial charge in [0, 0.05) is 11.6 Å². The van der Waals surface area contributed by atoms with E-state index < -0.39 is 0 Å². The molecule has 0 saturated carbocycles. The first-order chi connectivity index (χ1) is 8.50. The molecule has 18 heavy (non-hydrogen) atoms. The molecule has 1 rings (SSSR count). The van der Waals surface area contributed by atoms with E-state index in [0.717, 1.165) is 17.1 Å². The number of hydrogen-bond donors (Lipinski definition) is 2. The summed E-state index contributed by atoms with van der Waals surface area (Å²) in [5.41, 5.74) is 6.86. The first kappa shape index (κ1) is 14.8. The average molecular weight is 252 g/mol. The minimum absolute atomic E-state index is 0.0750. The molecule has 0 radical (unpaired) electrons. The lowest BCUT2D eigenvalue weighted by Crippen LogP contribution is -2.38. The monoisotopic (exact) mass is 252 g/mol. The van der Waals surface area contributed by atoms with Crippen molar-refractivity contribution in [2.45, 2.75) is 19.9 Å². The van der Waals surface area contributed by atoms with Gasteiger partial charge in [0.15, 0.2) is 0 Å². The summed E-state index contributed by atoms with van der Waals surface area (Å²) in [6.07, 6.45) is 0. The number of nitrogens with two attached hydrogens (primary N) is 1. The zero-order chi connectivity index (χ0) is 13.8. The molecule has 0 saturated heterocycles. The molecule has 0 aliphatic heterocycles. The maximum Gasteiger partial charge on any atom is 0.123 e. The molecule has 1 atom stereocenters. The van der Waals surface area contributed by atoms with E-state index >= 15 is 0 Å². The number of rotatable bonds is 6. The Morgan fingerprint density at radius 3 is 2.39 bits per heavy atom. The molecular formula is C14H24N2O2. The van der Waals surface area contributed by atoms with Crippen molar-refractivity contribution in [3.05, 3.63) is 23.8 Å². The fraction of sp³-hybridized carbons (Fsp3) is 0.571. The van der Waals surface area contributed by atoms with Gasteiger partial charge in [0.05, 0.1) is 14.2 Å². The minimum atomic E-state index is -0.0750. The van der Waals surface area contributed by atoms with E-state index in [4.69, 9.17) is 15.2 Å². The quantitative estimate of drug-likeness (QED) is 0.812. The Hall–Kier alpha value is -1.26. The smallest absolute Gasteiger partial charge is 0.123 e. The normalized spacial score (nSPS) is 13.2. The zero-order valence-electron chi connectivity index (χ0n) is 11.9. The summed E-state index contributed by atoms with van der Waals surface area (Å²) < 4.78 is 10.7. The predicted octanol–water partition coefficient (Wildman–Crippen LogP) is 1.95. The van der Waals surface area contributed by atoms with Gasteiger partial charge in [-0.25, -0.2) is 0 Å². The lowest BCUT2D eigenvalue weighted by atomic mass is 9.80. The Morgan fingerprint density at radius 1 is 1.28 bits per heavy atom. The number of ether oxygens (including phenoxy) is 2. The fourth-order valence-electron chi connectivity index (χ4n) is 2.15. The second-order valence-electron chi connectivity index (χ2n) is 5.02. The molecular weight excluding hydrogens is 228 g/mol. The number of nitrogens with one attached hydrogen (secondary N) is 1. The summed E-state index contributed by atoms with van der Waals surface area (Å²) in [5.74, 6) is 1.66. The van der Waals surface area contributed by atoms with Gasteiger partial charge in [-0.2, -0.15) is 0 Å². The maximum atomic E-state index is 5.87. The molecule has 1 unspecified atom stereocenters. The first-order valence-electron chi connectivity index (χ1n) is 6.09. The van der Waals surface area contributed by atoms with E-state index in [0.29, 0.717) is 6.54 Å². The number of benzene rings is 1. The van der Waals surface area contributed by atoms with Crippen molar-refractivity contribution in [3.8, 4) is 11.5 Å². The molecule has 0 heterocycles. The summed E-state index contributed by atoms with van der Waals surface area (Å²) in [4.78, 5) is 0. The summed E-state index contributed by atoms with van der Waals surface area (Å²) in [6.45, 7) is 4.85. The van der Waals surface area contributed by atoms with Crippen LogP contribution >= 0.6 is 0 Å². The topological polar surface area (TPSA) is 56.5 Å². The van der Waals surface area contributed by atoms with Gasteiger partial charge in [0.2, 0.25) is 0 Å². The van der Waals surface area contributed by atoms with Gasteiger partial charge in [0.1, 0.15) is 11.5 Å². The van der Waals surface area contributed by atoms with Crippen LogP contribution in [0.25, 0.3) is 0 Å². The maximum absolute atomic E-state index is 5.87. The van der Waals surface area contributed by atoms with Crippen LogP contribution in [0.2, 0.25) is 0 Å². The van der Waals surface area contributed by atoms with E-state index in [1.807, 2.05) is 25.2 Å². The van der Waals surface area contributed by atoms with Crippen LogP contribution in [0.4, 0.5) is 0 Å². The fourth-order valence-corrected chi connectivity index (χ4v) is 2.15. The molecule has 1 aromatic rings. The standard InChI is InChI=1S/C14H24N2O2/c1-14(2,9-15)13(16-3)11-8-10(17-4)6-7-12(11)18-5/h6-8,13,16H,9,15H2,1-5H3. The molecule has 0 bridgehead atoms. The van der Waals surface area contributed by atoms with E-state index in [-0.39, 0.29) is 11.5 Å². The van der Waals surface area contributed by atoms with Crippen LogP contribution in [0.15, 0.2) is 18.2 Å². The third-order valence-corrected chi connectivity index (χ3v) is 3.34. The average Bonchev–Trinajstić information content (AvgIpc) is 2.39. The Kier molecular flexibility index (Phi) is 4.99. The van der Waals surface area contributed by atoms with Gasteiger partial charge in [-0.05, 0) is 37.2 Å². The van der Waals surface area contributed by atoms with Crippen molar-refractivity contribution in [2.24, 2.45) is 11.1 Å². The minimum Gasteiger partial charge on any atom is -0.497 e. The number of methoxy groups -OCH3 is 2. The van der Waals surface area contributed by atoms with Crippen LogP contribution in [0.1, 0.15) is 25.5 Å². The summed E-state index contributed by atoms with van der Waals surface area (Å²) in [5, 5.41) is 3.32. The Bertz CT molecular complexity index is 391. The van der Waals surface area contributed by atoms with Crippen molar-refractivity contribution >= 4 is 0 Å². The molecule has 4 heteroatoms. The Balaban J connectivity index is 3.26. The van der Waals surface area contributed by atoms with Crippen LogP contribution in [0, 0.1) is 5.41 Å². The molecule has 0 fully saturated rings. The van der Waals surface area contributed by atoms with E-state index in [1.165, 1.54) is 0 Å². The molecule has 4 nitrogen and oxygen atoms in total. The highest BCUT2D eigenvalue weighted by atomic mass is 16.5. The molecule has 102 valence electrons. The predicted molar refractivity (Wildman–Crippen MR) is 74.2 cm³/mol. The Morgan fingerprint density at radius 2 is 1.94 bits per heavy atom. The second-order valence-corrected chi connectivity index (χ2v) is 5.02. The molecule has 0 amide bonds. The largest absolute Gasteiger partial charge is 0.497 e. The highest BCUT2D eigenvalue weighted by molar-refractivity contribution is 5.43. The van der Waals surface area contributed by atoms with Crippen LogP contribution in [-0.2, 0) is 0 Å². The summed E-state index contributed by atoms with van der Waals surface area (Å²) in [6, 6.07) is 5.92. The van der Waals surface area contributed by atoms with Crippen LogP contribution < -0.4 is 20.5 Å². The van der Waals surface area contributed by atoms with E-state index in [2.05, 4.69) is 19.2 Å². The van der Waals surface area contributed by atoms with Crippen molar-refractivity contribution < 1.29 is 9.47 Å². The second kappa shape index (κ2) is 6.07. The molecule has 3 N–H and O–H groups in total. The third-order valence-electron chi connectivity index (χ3n) is 3.34. The SMILES string of the molecule is CNC(c1cc(OC)ccc1OC)C(C)(C)CN. The third kappa shape index (κ3) is 2.94. The summed E-state index contributed by atoms with van der Waals surface area (Å²) in [7, 11) is 5.27. The lowest BCUT2D eigenvalue weighted by molar-refractivity contribution is 0.257. The van der Waals surface area contributed by atoms with E-state index in [9.17, 15) is 0 Å². The summed E-state index contributed by atoms with van der Waals surface area (Å²) >= 11 is 0. The molecule has 0 aromatic heterocycles. The van der Waals surface area contributed by atoms with Crippen LogP contribution in [-0.4, -0.2) is 27.8 Å². The first-order valence-corrected chi connectivity index (χ1v) is 6.09. The highest BCUT2D eigenvalue weighted by Gasteiger charge is 2.30. The lowest BCUT2D eigenvalue weighted by Gasteiger charge is -2.34. The highest BCUT2D eigenvalue weighted by Crippen LogP contribution is 2.38. The molecule has 0 aliphatic rings. The molecule has 0 spiro atoms. The van der Waals surface area contributed by atoms with Gasteiger partial charge in [-0.1, -0.05) is 13.8 Å². The molecule has 0 aliphatic carbocycles. The van der Waals surface area contributed by atoms with Crippen molar-refractivity contribution in [1.82, 2.24) is 5.32 Å². The van der Waals surface area contributed by atoms with Gasteiger partial charge >= 0.3 is 0 Å². The van der Waals surface area contributed by atoms with E-state index in [1.54, 1.807) is 14.2 Å². The Labute approximate surface area is 109 Å². The molecule has 1 aromatic carbocycles. The van der Waals surface area contributed by atoms with Crippen molar-refractivity contribution in [2.75, 3.05) is 27.8 Å². The van der Waals surface area contributed by atoms with Gasteiger partial charge in [0.25, 0.3) is 0 Å².